The molecule has 32 heavy (non-hydrogen) atoms. The lowest BCUT2D eigenvalue weighted by atomic mass is 9.93. The quantitative estimate of drug-likeness (QED) is 0.616. The Labute approximate surface area is 190 Å². The third kappa shape index (κ3) is 4.03. The van der Waals surface area contributed by atoms with Crippen LogP contribution in [0.25, 0.3) is 11.3 Å². The van der Waals surface area contributed by atoms with E-state index in [1.54, 1.807) is 0 Å². The monoisotopic (exact) mass is 422 g/mol. The third-order valence-corrected chi connectivity index (χ3v) is 6.16. The maximum Gasteiger partial charge on any atom is 0.146 e. The number of nitrogens with zero attached hydrogens (tertiary/aromatic N) is 1. The van der Waals surface area contributed by atoms with E-state index in [0.717, 1.165) is 30.1 Å². The summed E-state index contributed by atoms with van der Waals surface area (Å²) in [5.74, 6) is 0.913. The molecule has 0 saturated carbocycles. The van der Waals surface area contributed by atoms with Gasteiger partial charge in [-0.05, 0) is 35.3 Å². The van der Waals surface area contributed by atoms with Crippen molar-refractivity contribution in [1.82, 2.24) is 10.2 Å². The van der Waals surface area contributed by atoms with Crippen LogP contribution in [0.4, 0.5) is 0 Å². The second-order valence-electron chi connectivity index (χ2n) is 8.43. The van der Waals surface area contributed by atoms with E-state index in [9.17, 15) is 0 Å². The molecule has 3 aliphatic rings. The second-order valence-corrected chi connectivity index (χ2v) is 8.43. The number of unbranched alkanes of at least 4 members (excludes halogenated alkanes) is 2. The van der Waals surface area contributed by atoms with E-state index in [1.165, 1.54) is 46.5 Å². The zero-order chi connectivity index (χ0) is 21.8. The molecule has 0 atom stereocenters. The first-order valence-corrected chi connectivity index (χ1v) is 11.7. The van der Waals surface area contributed by atoms with Gasteiger partial charge in [0.05, 0.1) is 11.4 Å². The smallest absolute Gasteiger partial charge is 0.146 e. The molecule has 162 valence electrons. The summed E-state index contributed by atoms with van der Waals surface area (Å²) >= 11 is 0. The summed E-state index contributed by atoms with van der Waals surface area (Å²) < 4.78 is 6.48. The van der Waals surface area contributed by atoms with Crippen LogP contribution < -0.4 is 15.8 Å². The highest BCUT2D eigenvalue weighted by atomic mass is 16.5. The molecule has 2 aromatic carbocycles. The highest BCUT2D eigenvalue weighted by Gasteiger charge is 2.29. The Kier molecular flexibility index (Phi) is 5.98. The first-order chi connectivity index (χ1) is 15.8. The maximum atomic E-state index is 6.48. The van der Waals surface area contributed by atoms with Gasteiger partial charge in [0.15, 0.2) is 0 Å². The third-order valence-electron chi connectivity index (χ3n) is 6.16. The van der Waals surface area contributed by atoms with E-state index in [4.69, 9.17) is 4.74 Å². The summed E-state index contributed by atoms with van der Waals surface area (Å²) in [6.07, 6.45) is 15.6. The predicted molar refractivity (Wildman–Crippen MR) is 131 cm³/mol. The van der Waals surface area contributed by atoms with Gasteiger partial charge in [0.1, 0.15) is 12.4 Å². The number of nitrogens with one attached hydrogen (secondary N) is 1. The molecule has 0 radical (unpaired) electrons. The van der Waals surface area contributed by atoms with Crippen molar-refractivity contribution in [3.05, 3.63) is 118 Å². The zero-order valence-electron chi connectivity index (χ0n) is 18.7. The summed E-state index contributed by atoms with van der Waals surface area (Å²) in [6, 6.07) is 19.1. The molecule has 1 N–H and O–H groups in total. The number of rotatable bonds is 8. The average molecular weight is 423 g/mol. The van der Waals surface area contributed by atoms with Crippen LogP contribution in [0.15, 0.2) is 102 Å². The molecule has 0 unspecified atom stereocenters. The van der Waals surface area contributed by atoms with Crippen molar-refractivity contribution in [2.24, 2.45) is 0 Å². The Morgan fingerprint density at radius 3 is 2.62 bits per heavy atom. The highest BCUT2D eigenvalue weighted by molar-refractivity contribution is 5.79. The maximum absolute atomic E-state index is 6.48. The molecular formula is C29H30N2O. The summed E-state index contributed by atoms with van der Waals surface area (Å²) in [4.78, 5) is 2.32. The number of hydrogen-bond acceptors (Lipinski definition) is 3. The summed E-state index contributed by atoms with van der Waals surface area (Å²) in [5, 5.41) is 6.17. The fraction of sp³-hybridized carbons (Fsp3) is 0.241. The van der Waals surface area contributed by atoms with Crippen molar-refractivity contribution in [3.63, 3.8) is 0 Å². The van der Waals surface area contributed by atoms with Gasteiger partial charge in [-0.2, -0.15) is 0 Å². The minimum absolute atomic E-state index is 0.546. The fourth-order valence-electron chi connectivity index (χ4n) is 4.55. The van der Waals surface area contributed by atoms with Gasteiger partial charge in [-0.1, -0.05) is 86.5 Å². The Morgan fingerprint density at radius 1 is 0.969 bits per heavy atom. The van der Waals surface area contributed by atoms with Crippen LogP contribution in [0, 0.1) is 0 Å². The number of allylic oxidation sites excluding steroid dienone is 5. The average Bonchev–Trinajstić information content (AvgIpc) is 2.86. The summed E-state index contributed by atoms with van der Waals surface area (Å²) in [6.45, 7) is 3.75. The summed E-state index contributed by atoms with van der Waals surface area (Å²) in [7, 11) is 0. The van der Waals surface area contributed by atoms with Gasteiger partial charge in [-0.15, -0.1) is 0 Å². The van der Waals surface area contributed by atoms with Crippen LogP contribution in [-0.2, 0) is 11.3 Å². The molecule has 3 heteroatoms. The first kappa shape index (κ1) is 20.4. The van der Waals surface area contributed by atoms with Crippen molar-refractivity contribution < 1.29 is 4.74 Å². The topological polar surface area (TPSA) is 24.5 Å². The minimum atomic E-state index is 0.546. The molecule has 0 bridgehead atoms. The molecular weight excluding hydrogens is 392 g/mol. The highest BCUT2D eigenvalue weighted by Crippen LogP contribution is 2.35. The van der Waals surface area contributed by atoms with E-state index >= 15 is 0 Å². The molecule has 5 rings (SSSR count). The molecule has 0 aromatic heterocycles. The lowest BCUT2D eigenvalue weighted by Gasteiger charge is -2.36. The van der Waals surface area contributed by atoms with Crippen LogP contribution in [0.1, 0.15) is 38.2 Å². The SMILES string of the molecule is CCCCCNC1=CN2C3=CC=CCC3=c3ccccc3=C2C(OCc2ccccc2)=C1. The largest absolute Gasteiger partial charge is 0.487 e. The van der Waals surface area contributed by atoms with Crippen molar-refractivity contribution >= 4 is 11.3 Å². The lowest BCUT2D eigenvalue weighted by Crippen LogP contribution is -2.42. The molecule has 2 aromatic rings. The van der Waals surface area contributed by atoms with E-state index < -0.39 is 0 Å². The molecule has 0 amide bonds. The standard InChI is InChI=1S/C29H30N2O/c1-2-3-11-18-30-23-19-28(32-21-22-12-5-4-6-13-22)29-26-16-8-7-14-24(26)25-15-9-10-17-27(25)31(29)20-23/h4-10,12-14,16-17,19-20,30H,2-3,11,15,18,21H2,1H3. The van der Waals surface area contributed by atoms with Crippen LogP contribution in [-0.4, -0.2) is 11.4 Å². The van der Waals surface area contributed by atoms with Gasteiger partial charge >= 0.3 is 0 Å². The lowest BCUT2D eigenvalue weighted by molar-refractivity contribution is 0.206. The van der Waals surface area contributed by atoms with Gasteiger partial charge < -0.3 is 15.0 Å². The minimum Gasteiger partial charge on any atom is -0.487 e. The number of fused-ring (bicyclic) bond motifs is 4. The van der Waals surface area contributed by atoms with Crippen molar-refractivity contribution in [1.29, 1.82) is 0 Å². The van der Waals surface area contributed by atoms with Crippen molar-refractivity contribution in [3.8, 4) is 0 Å². The van der Waals surface area contributed by atoms with E-state index in [-0.39, 0.29) is 0 Å². The number of hydrogen-bond donors (Lipinski definition) is 1. The fourth-order valence-corrected chi connectivity index (χ4v) is 4.55. The molecule has 3 nitrogen and oxygen atoms in total. The van der Waals surface area contributed by atoms with Crippen LogP contribution in [0.5, 0.6) is 0 Å². The van der Waals surface area contributed by atoms with Crippen LogP contribution in [0.3, 0.4) is 0 Å². The Morgan fingerprint density at radius 2 is 1.78 bits per heavy atom. The van der Waals surface area contributed by atoms with Crippen LogP contribution in [0.2, 0.25) is 0 Å². The number of benzene rings is 2. The molecule has 0 saturated heterocycles. The second kappa shape index (κ2) is 9.35. The summed E-state index contributed by atoms with van der Waals surface area (Å²) in [5.41, 5.74) is 6.01. The predicted octanol–water partition coefficient (Wildman–Crippen LogP) is 4.84. The molecule has 1 aliphatic carbocycles. The number of ether oxygens (including phenoxy) is 1. The van der Waals surface area contributed by atoms with Gasteiger partial charge in [0.2, 0.25) is 0 Å². The van der Waals surface area contributed by atoms with Gasteiger partial charge in [-0.3, -0.25) is 0 Å². The van der Waals surface area contributed by atoms with E-state index in [2.05, 4.69) is 96.2 Å². The van der Waals surface area contributed by atoms with Crippen molar-refractivity contribution in [2.45, 2.75) is 39.2 Å². The van der Waals surface area contributed by atoms with Crippen LogP contribution >= 0.6 is 0 Å². The molecule has 0 spiro atoms. The van der Waals surface area contributed by atoms with Gasteiger partial charge in [-0.25, -0.2) is 0 Å². The molecule has 0 fully saturated rings. The zero-order valence-corrected chi connectivity index (χ0v) is 18.7. The Bertz CT molecular complexity index is 1230. The first-order valence-electron chi connectivity index (χ1n) is 11.7. The van der Waals surface area contributed by atoms with Crippen molar-refractivity contribution in [2.75, 3.05) is 6.54 Å². The van der Waals surface area contributed by atoms with Gasteiger partial charge in [0, 0.05) is 29.7 Å². The normalized spacial score (nSPS) is 16.4. The molecule has 2 heterocycles. The Balaban J connectivity index is 1.58. The van der Waals surface area contributed by atoms with Gasteiger partial charge in [0.25, 0.3) is 0 Å². The molecule has 2 aliphatic heterocycles. The van der Waals surface area contributed by atoms with E-state index in [1.807, 2.05) is 6.07 Å². The Hall–Kier alpha value is -3.46. The van der Waals surface area contributed by atoms with E-state index in [0.29, 0.717) is 6.61 Å².